The first-order valence-corrected chi connectivity index (χ1v) is 4.50. The molecule has 66 valence electrons. The Kier molecular flexibility index (Phi) is 2.24. The minimum Gasteiger partial charge on any atom is -0.309 e. The number of pyridine rings is 1. The van der Waals surface area contributed by atoms with Crippen molar-refractivity contribution in [3.63, 3.8) is 0 Å². The number of hydrogen-bond acceptors (Lipinski definition) is 3. The van der Waals surface area contributed by atoms with Gasteiger partial charge in [0.05, 0.1) is 5.69 Å². The van der Waals surface area contributed by atoms with Gasteiger partial charge in [-0.15, -0.1) is 0 Å². The van der Waals surface area contributed by atoms with E-state index in [0.717, 1.165) is 18.7 Å². The van der Waals surface area contributed by atoms with Crippen LogP contribution >= 0.6 is 0 Å². The van der Waals surface area contributed by atoms with Gasteiger partial charge in [-0.2, -0.15) is 5.26 Å². The van der Waals surface area contributed by atoms with Gasteiger partial charge in [0.1, 0.15) is 11.8 Å². The van der Waals surface area contributed by atoms with E-state index in [4.69, 9.17) is 5.26 Å². The van der Waals surface area contributed by atoms with Crippen molar-refractivity contribution < 1.29 is 0 Å². The molecule has 3 heteroatoms. The fourth-order valence-corrected chi connectivity index (χ4v) is 1.64. The first-order chi connectivity index (χ1) is 6.40. The second-order valence-corrected chi connectivity index (χ2v) is 3.21. The van der Waals surface area contributed by atoms with Crippen LogP contribution in [-0.2, 0) is 0 Å². The molecule has 1 N–H and O–H groups in total. The van der Waals surface area contributed by atoms with Crippen molar-refractivity contribution in [3.05, 3.63) is 29.6 Å². The molecule has 1 aromatic heterocycles. The summed E-state index contributed by atoms with van der Waals surface area (Å²) in [5.41, 5.74) is 1.50. The SMILES string of the molecule is N#Cc1cccc([C@@H]2CCCN2)n1. The van der Waals surface area contributed by atoms with Crippen molar-refractivity contribution >= 4 is 0 Å². The van der Waals surface area contributed by atoms with E-state index < -0.39 is 0 Å². The summed E-state index contributed by atoms with van der Waals surface area (Å²) >= 11 is 0. The number of nitriles is 1. The van der Waals surface area contributed by atoms with Crippen molar-refractivity contribution in [1.82, 2.24) is 10.3 Å². The lowest BCUT2D eigenvalue weighted by Crippen LogP contribution is -2.14. The molecule has 0 aromatic carbocycles. The lowest BCUT2D eigenvalue weighted by Gasteiger charge is -2.08. The highest BCUT2D eigenvalue weighted by molar-refractivity contribution is 5.23. The van der Waals surface area contributed by atoms with Gasteiger partial charge in [0, 0.05) is 6.04 Å². The van der Waals surface area contributed by atoms with Crippen molar-refractivity contribution in [2.75, 3.05) is 6.54 Å². The summed E-state index contributed by atoms with van der Waals surface area (Å²) in [6.07, 6.45) is 2.32. The Bertz CT molecular complexity index is 334. The molecule has 0 saturated carbocycles. The van der Waals surface area contributed by atoms with E-state index in [1.54, 1.807) is 6.07 Å². The lowest BCUT2D eigenvalue weighted by atomic mass is 10.1. The van der Waals surface area contributed by atoms with E-state index in [9.17, 15) is 0 Å². The first-order valence-electron chi connectivity index (χ1n) is 4.50. The maximum Gasteiger partial charge on any atom is 0.140 e. The van der Waals surface area contributed by atoms with Gasteiger partial charge in [-0.05, 0) is 31.5 Å². The van der Waals surface area contributed by atoms with E-state index in [1.807, 2.05) is 12.1 Å². The minimum atomic E-state index is 0.355. The Labute approximate surface area is 77.4 Å². The molecule has 1 aliphatic heterocycles. The third kappa shape index (κ3) is 1.68. The average Bonchev–Trinajstić information content (AvgIpc) is 2.71. The molecule has 0 amide bonds. The van der Waals surface area contributed by atoms with E-state index >= 15 is 0 Å². The topological polar surface area (TPSA) is 48.7 Å². The van der Waals surface area contributed by atoms with Crippen molar-refractivity contribution in [3.8, 4) is 6.07 Å². The summed E-state index contributed by atoms with van der Waals surface area (Å²) in [6, 6.07) is 8.01. The average molecular weight is 173 g/mol. The van der Waals surface area contributed by atoms with Crippen molar-refractivity contribution in [1.29, 1.82) is 5.26 Å². The van der Waals surface area contributed by atoms with E-state index in [0.29, 0.717) is 11.7 Å². The Morgan fingerprint density at radius 3 is 3.15 bits per heavy atom. The fraction of sp³-hybridized carbons (Fsp3) is 0.400. The van der Waals surface area contributed by atoms with Crippen LogP contribution in [0.4, 0.5) is 0 Å². The monoisotopic (exact) mass is 173 g/mol. The van der Waals surface area contributed by atoms with Gasteiger partial charge in [0.25, 0.3) is 0 Å². The van der Waals surface area contributed by atoms with E-state index in [1.165, 1.54) is 6.42 Å². The maximum atomic E-state index is 8.67. The summed E-state index contributed by atoms with van der Waals surface area (Å²) in [6.45, 7) is 1.06. The molecule has 1 saturated heterocycles. The van der Waals surface area contributed by atoms with Crippen LogP contribution in [0.25, 0.3) is 0 Å². The largest absolute Gasteiger partial charge is 0.309 e. The molecule has 1 atom stereocenters. The van der Waals surface area contributed by atoms with Crippen LogP contribution in [0, 0.1) is 11.3 Å². The zero-order chi connectivity index (χ0) is 9.10. The van der Waals surface area contributed by atoms with Crippen LogP contribution in [0.1, 0.15) is 30.3 Å². The smallest absolute Gasteiger partial charge is 0.140 e. The molecule has 0 radical (unpaired) electrons. The molecule has 0 unspecified atom stereocenters. The van der Waals surface area contributed by atoms with Crippen LogP contribution in [-0.4, -0.2) is 11.5 Å². The number of rotatable bonds is 1. The van der Waals surface area contributed by atoms with Gasteiger partial charge >= 0.3 is 0 Å². The summed E-state index contributed by atoms with van der Waals surface area (Å²) in [7, 11) is 0. The van der Waals surface area contributed by atoms with Crippen LogP contribution < -0.4 is 5.32 Å². The van der Waals surface area contributed by atoms with Gasteiger partial charge in [-0.3, -0.25) is 0 Å². The fourth-order valence-electron chi connectivity index (χ4n) is 1.64. The van der Waals surface area contributed by atoms with Crippen molar-refractivity contribution in [2.45, 2.75) is 18.9 Å². The summed E-state index contributed by atoms with van der Waals surface area (Å²) in [5.74, 6) is 0. The Morgan fingerprint density at radius 2 is 2.46 bits per heavy atom. The molecule has 1 fully saturated rings. The standard InChI is InChI=1S/C10H11N3/c11-7-8-3-1-4-10(13-8)9-5-2-6-12-9/h1,3-4,9,12H,2,5-6H2/t9-/m0/s1. The highest BCUT2D eigenvalue weighted by Crippen LogP contribution is 2.20. The third-order valence-electron chi connectivity index (χ3n) is 2.30. The summed E-state index contributed by atoms with van der Waals surface area (Å²) in [4.78, 5) is 4.25. The molecule has 0 spiro atoms. The van der Waals surface area contributed by atoms with Crippen LogP contribution in [0.5, 0.6) is 0 Å². The molecular weight excluding hydrogens is 162 g/mol. The normalized spacial score (nSPS) is 21.3. The Morgan fingerprint density at radius 1 is 1.54 bits per heavy atom. The van der Waals surface area contributed by atoms with Crippen LogP contribution in [0.15, 0.2) is 18.2 Å². The molecule has 3 nitrogen and oxygen atoms in total. The molecular formula is C10H11N3. The van der Waals surface area contributed by atoms with E-state index in [2.05, 4.69) is 16.4 Å². The minimum absolute atomic E-state index is 0.355. The quantitative estimate of drug-likeness (QED) is 0.698. The second kappa shape index (κ2) is 3.55. The predicted octanol–water partition coefficient (Wildman–Crippen LogP) is 1.38. The Hall–Kier alpha value is -1.40. The van der Waals surface area contributed by atoms with Crippen LogP contribution in [0.3, 0.4) is 0 Å². The van der Waals surface area contributed by atoms with Crippen molar-refractivity contribution in [2.24, 2.45) is 0 Å². The number of aromatic nitrogens is 1. The lowest BCUT2D eigenvalue weighted by molar-refractivity contribution is 0.627. The third-order valence-corrected chi connectivity index (χ3v) is 2.30. The molecule has 1 aromatic rings. The van der Waals surface area contributed by atoms with Gasteiger partial charge < -0.3 is 5.32 Å². The maximum absolute atomic E-state index is 8.67. The summed E-state index contributed by atoms with van der Waals surface area (Å²) < 4.78 is 0. The predicted molar refractivity (Wildman–Crippen MR) is 48.9 cm³/mol. The highest BCUT2D eigenvalue weighted by atomic mass is 15.0. The number of nitrogens with zero attached hydrogens (tertiary/aromatic N) is 2. The Balaban J connectivity index is 2.25. The molecule has 0 aliphatic carbocycles. The first kappa shape index (κ1) is 8.21. The molecule has 13 heavy (non-hydrogen) atoms. The number of nitrogens with one attached hydrogen (secondary N) is 1. The van der Waals surface area contributed by atoms with Gasteiger partial charge in [-0.25, -0.2) is 4.98 Å². The zero-order valence-corrected chi connectivity index (χ0v) is 7.33. The molecule has 0 bridgehead atoms. The van der Waals surface area contributed by atoms with Gasteiger partial charge in [0.15, 0.2) is 0 Å². The zero-order valence-electron chi connectivity index (χ0n) is 7.33. The van der Waals surface area contributed by atoms with Crippen LogP contribution in [0.2, 0.25) is 0 Å². The summed E-state index contributed by atoms with van der Waals surface area (Å²) in [5, 5.41) is 12.0. The highest BCUT2D eigenvalue weighted by Gasteiger charge is 2.17. The molecule has 2 heterocycles. The second-order valence-electron chi connectivity index (χ2n) is 3.21. The molecule has 2 rings (SSSR count). The molecule has 1 aliphatic rings. The van der Waals surface area contributed by atoms with E-state index in [-0.39, 0.29) is 0 Å². The number of hydrogen-bond donors (Lipinski definition) is 1. The van der Waals surface area contributed by atoms with Gasteiger partial charge in [0.2, 0.25) is 0 Å². The van der Waals surface area contributed by atoms with Gasteiger partial charge in [-0.1, -0.05) is 6.07 Å².